The lowest BCUT2D eigenvalue weighted by Gasteiger charge is -2.13. The summed E-state index contributed by atoms with van der Waals surface area (Å²) in [7, 11) is 0. The van der Waals surface area contributed by atoms with Gasteiger partial charge in [-0.25, -0.2) is 0 Å². The Kier molecular flexibility index (Phi) is 4.67. The molecule has 15 heavy (non-hydrogen) atoms. The molecule has 0 amide bonds. The van der Waals surface area contributed by atoms with Gasteiger partial charge in [-0.2, -0.15) is 0 Å². The molecule has 1 unspecified atom stereocenters. The fourth-order valence-electron chi connectivity index (χ4n) is 1.13. The van der Waals surface area contributed by atoms with Crippen molar-refractivity contribution in [1.29, 1.82) is 0 Å². The quantitative estimate of drug-likeness (QED) is 0.827. The lowest BCUT2D eigenvalue weighted by atomic mass is 10.2. The zero-order valence-corrected chi connectivity index (χ0v) is 9.81. The van der Waals surface area contributed by atoms with Crippen molar-refractivity contribution in [1.82, 2.24) is 10.2 Å². The van der Waals surface area contributed by atoms with Crippen molar-refractivity contribution < 1.29 is 0 Å². The monoisotopic (exact) mass is 243 g/mol. The van der Waals surface area contributed by atoms with Crippen LogP contribution in [-0.2, 0) is 0 Å². The summed E-state index contributed by atoms with van der Waals surface area (Å²) in [6.45, 7) is 2.06. The van der Waals surface area contributed by atoms with Crippen LogP contribution in [0.1, 0.15) is 19.8 Å². The number of rotatable bonds is 4. The number of nitrogens with one attached hydrogen (secondary N) is 1. The van der Waals surface area contributed by atoms with E-state index in [9.17, 15) is 0 Å². The predicted molar refractivity (Wildman–Crippen MR) is 63.2 cm³/mol. The molecule has 1 rings (SSSR count). The number of terminal acetylenes is 1. The van der Waals surface area contributed by atoms with E-state index in [-0.39, 0.29) is 16.3 Å². The van der Waals surface area contributed by atoms with Crippen LogP contribution in [0.4, 0.5) is 5.69 Å². The van der Waals surface area contributed by atoms with Gasteiger partial charge in [-0.15, -0.1) is 16.6 Å². The first-order chi connectivity index (χ1) is 7.17. The molecule has 0 fully saturated rings. The maximum atomic E-state index is 5.83. The third-order valence-electron chi connectivity index (χ3n) is 1.83. The van der Waals surface area contributed by atoms with E-state index in [1.807, 2.05) is 0 Å². The highest BCUT2D eigenvalue weighted by Crippen LogP contribution is 2.22. The molecule has 1 atom stereocenters. The summed E-state index contributed by atoms with van der Waals surface area (Å²) >= 11 is 11.5. The second-order valence-corrected chi connectivity index (χ2v) is 3.77. The minimum absolute atomic E-state index is 0.0623. The first kappa shape index (κ1) is 12.1. The fraction of sp³-hybridized carbons (Fsp3) is 0.400. The van der Waals surface area contributed by atoms with E-state index in [1.165, 1.54) is 0 Å². The van der Waals surface area contributed by atoms with Crippen LogP contribution in [0.15, 0.2) is 6.07 Å². The molecule has 1 aromatic rings. The van der Waals surface area contributed by atoms with E-state index in [2.05, 4.69) is 28.4 Å². The third-order valence-corrected chi connectivity index (χ3v) is 2.29. The van der Waals surface area contributed by atoms with Crippen molar-refractivity contribution >= 4 is 28.9 Å². The zero-order chi connectivity index (χ0) is 11.3. The predicted octanol–water partition coefficient (Wildman–Crippen LogP) is 3.00. The van der Waals surface area contributed by atoms with E-state index in [0.717, 1.165) is 12.8 Å². The molecular weight excluding hydrogens is 233 g/mol. The Bertz CT molecular complexity index is 373. The third kappa shape index (κ3) is 3.58. The van der Waals surface area contributed by atoms with Gasteiger partial charge in [0.1, 0.15) is 0 Å². The van der Waals surface area contributed by atoms with Crippen LogP contribution >= 0.6 is 23.2 Å². The van der Waals surface area contributed by atoms with E-state index in [1.54, 1.807) is 6.07 Å². The molecule has 1 heterocycles. The van der Waals surface area contributed by atoms with Gasteiger partial charge >= 0.3 is 0 Å². The van der Waals surface area contributed by atoms with Gasteiger partial charge in [-0.1, -0.05) is 42.5 Å². The molecule has 0 bridgehead atoms. The Balaban J connectivity index is 2.79. The Morgan fingerprint density at radius 3 is 2.87 bits per heavy atom. The van der Waals surface area contributed by atoms with Crippen molar-refractivity contribution in [3.63, 3.8) is 0 Å². The van der Waals surface area contributed by atoms with Crippen LogP contribution in [0.2, 0.25) is 10.3 Å². The largest absolute Gasteiger partial charge is 0.369 e. The van der Waals surface area contributed by atoms with Crippen LogP contribution in [0.25, 0.3) is 0 Å². The molecule has 0 aliphatic carbocycles. The van der Waals surface area contributed by atoms with Crippen molar-refractivity contribution in [3.8, 4) is 12.3 Å². The molecule has 0 aliphatic heterocycles. The minimum Gasteiger partial charge on any atom is -0.369 e. The molecule has 80 valence electrons. The Morgan fingerprint density at radius 1 is 1.53 bits per heavy atom. The van der Waals surface area contributed by atoms with Gasteiger partial charge in [-0.3, -0.25) is 0 Å². The number of hydrogen-bond donors (Lipinski definition) is 1. The summed E-state index contributed by atoms with van der Waals surface area (Å²) in [5.74, 6) is 2.64. The molecule has 0 aromatic carbocycles. The lowest BCUT2D eigenvalue weighted by Crippen LogP contribution is -2.17. The number of nitrogens with zero attached hydrogens (tertiary/aromatic N) is 2. The van der Waals surface area contributed by atoms with Crippen molar-refractivity contribution in [3.05, 3.63) is 16.4 Å². The summed E-state index contributed by atoms with van der Waals surface area (Å²) in [5.41, 5.74) is 0.619. The van der Waals surface area contributed by atoms with E-state index in [0.29, 0.717) is 5.69 Å². The van der Waals surface area contributed by atoms with E-state index in [4.69, 9.17) is 29.6 Å². The van der Waals surface area contributed by atoms with Gasteiger partial charge in [0.15, 0.2) is 10.3 Å². The van der Waals surface area contributed by atoms with Crippen LogP contribution in [0.3, 0.4) is 0 Å². The molecule has 0 saturated heterocycles. The molecule has 1 N–H and O–H groups in total. The summed E-state index contributed by atoms with van der Waals surface area (Å²) in [5, 5.41) is 10.9. The number of aromatic nitrogens is 2. The second-order valence-electron chi connectivity index (χ2n) is 3.02. The Morgan fingerprint density at radius 2 is 2.27 bits per heavy atom. The van der Waals surface area contributed by atoms with E-state index < -0.39 is 0 Å². The topological polar surface area (TPSA) is 37.8 Å². The van der Waals surface area contributed by atoms with Gasteiger partial charge in [0.05, 0.1) is 11.7 Å². The first-order valence-electron chi connectivity index (χ1n) is 4.58. The minimum atomic E-state index is -0.0623. The Labute approximate surface area is 99.2 Å². The maximum Gasteiger partial charge on any atom is 0.174 e. The van der Waals surface area contributed by atoms with Gasteiger partial charge in [0, 0.05) is 6.07 Å². The highest BCUT2D eigenvalue weighted by atomic mass is 35.5. The normalized spacial score (nSPS) is 11.9. The molecular formula is C10H11Cl2N3. The maximum absolute atomic E-state index is 5.83. The van der Waals surface area contributed by atoms with Gasteiger partial charge < -0.3 is 5.32 Å². The highest BCUT2D eigenvalue weighted by Gasteiger charge is 2.08. The molecule has 0 aliphatic rings. The average Bonchev–Trinajstić information content (AvgIpc) is 2.22. The number of anilines is 1. The van der Waals surface area contributed by atoms with Crippen molar-refractivity contribution in [2.45, 2.75) is 25.8 Å². The average molecular weight is 244 g/mol. The van der Waals surface area contributed by atoms with Crippen LogP contribution in [0.5, 0.6) is 0 Å². The summed E-state index contributed by atoms with van der Waals surface area (Å²) in [4.78, 5) is 0. The van der Waals surface area contributed by atoms with Crippen LogP contribution < -0.4 is 5.32 Å². The number of halogens is 2. The zero-order valence-electron chi connectivity index (χ0n) is 8.30. The Hall–Kier alpha value is -0.980. The molecule has 0 saturated carbocycles. The molecule has 5 heteroatoms. The van der Waals surface area contributed by atoms with Gasteiger partial charge in [0.25, 0.3) is 0 Å². The standard InChI is InChI=1S/C10H11Cl2N3/c1-3-5-7(4-2)13-8-6-9(11)14-15-10(8)12/h2,6-7H,3,5H2,1H3,(H,13,14). The lowest BCUT2D eigenvalue weighted by molar-refractivity contribution is 0.754. The van der Waals surface area contributed by atoms with Gasteiger partial charge in [0.2, 0.25) is 0 Å². The number of hydrogen-bond acceptors (Lipinski definition) is 3. The van der Waals surface area contributed by atoms with E-state index >= 15 is 0 Å². The van der Waals surface area contributed by atoms with Crippen molar-refractivity contribution in [2.75, 3.05) is 5.32 Å². The fourth-order valence-corrected chi connectivity index (χ4v) is 1.42. The molecule has 0 spiro atoms. The summed E-state index contributed by atoms with van der Waals surface area (Å²) in [6, 6.07) is 1.55. The SMILES string of the molecule is C#CC(CCC)Nc1cc(Cl)nnc1Cl. The molecule has 3 nitrogen and oxygen atoms in total. The smallest absolute Gasteiger partial charge is 0.174 e. The molecule has 0 radical (unpaired) electrons. The summed E-state index contributed by atoms with van der Waals surface area (Å²) < 4.78 is 0. The van der Waals surface area contributed by atoms with Gasteiger partial charge in [-0.05, 0) is 6.42 Å². The van der Waals surface area contributed by atoms with Crippen LogP contribution in [-0.4, -0.2) is 16.2 Å². The first-order valence-corrected chi connectivity index (χ1v) is 5.34. The van der Waals surface area contributed by atoms with Crippen molar-refractivity contribution in [2.24, 2.45) is 0 Å². The summed E-state index contributed by atoms with van der Waals surface area (Å²) in [6.07, 6.45) is 7.23. The van der Waals surface area contributed by atoms with Crippen LogP contribution in [0, 0.1) is 12.3 Å². The molecule has 1 aromatic heterocycles. The second kappa shape index (κ2) is 5.79. The highest BCUT2D eigenvalue weighted by molar-refractivity contribution is 6.33.